The molecule has 1 aliphatic rings. The Morgan fingerprint density at radius 1 is 1.21 bits per heavy atom. The lowest BCUT2D eigenvalue weighted by Gasteiger charge is -2.20. The van der Waals surface area contributed by atoms with Gasteiger partial charge in [0, 0.05) is 30.9 Å². The Labute approximate surface area is 167 Å². The molecule has 150 valence electrons. The summed E-state index contributed by atoms with van der Waals surface area (Å²) >= 11 is 1.42. The zero-order valence-corrected chi connectivity index (χ0v) is 17.0. The largest absolute Gasteiger partial charge is 0.493 e. The summed E-state index contributed by atoms with van der Waals surface area (Å²) in [4.78, 5) is 31.9. The fraction of sp³-hybridized carbons (Fsp3) is 0.421. The predicted molar refractivity (Wildman–Crippen MR) is 107 cm³/mol. The number of likely N-dealkylation sites (N-methyl/N-ethyl adjacent to an activating group) is 1. The molecule has 8 nitrogen and oxygen atoms in total. The van der Waals surface area contributed by atoms with E-state index in [4.69, 9.17) is 9.47 Å². The zero-order chi connectivity index (χ0) is 20.1. The van der Waals surface area contributed by atoms with E-state index in [0.29, 0.717) is 29.6 Å². The molecule has 0 aliphatic carbocycles. The first-order chi connectivity index (χ1) is 13.5. The fourth-order valence-corrected chi connectivity index (χ4v) is 4.05. The molecule has 0 bridgehead atoms. The molecule has 2 amide bonds. The van der Waals surface area contributed by atoms with Crippen LogP contribution < -0.4 is 20.1 Å². The normalized spacial score (nSPS) is 13.5. The molecule has 28 heavy (non-hydrogen) atoms. The van der Waals surface area contributed by atoms with Gasteiger partial charge in [0.15, 0.2) is 16.6 Å². The highest BCUT2D eigenvalue weighted by atomic mass is 32.1. The van der Waals surface area contributed by atoms with Crippen molar-refractivity contribution in [2.45, 2.75) is 19.4 Å². The summed E-state index contributed by atoms with van der Waals surface area (Å²) in [6.45, 7) is 2.10. The molecule has 1 aromatic heterocycles. The van der Waals surface area contributed by atoms with Crippen molar-refractivity contribution in [2.75, 3.05) is 39.7 Å². The highest BCUT2D eigenvalue weighted by molar-refractivity contribution is 7.16. The van der Waals surface area contributed by atoms with Crippen LogP contribution in [0.15, 0.2) is 18.2 Å². The van der Waals surface area contributed by atoms with Gasteiger partial charge in [-0.2, -0.15) is 0 Å². The van der Waals surface area contributed by atoms with Crippen LogP contribution in [0, 0.1) is 0 Å². The van der Waals surface area contributed by atoms with Gasteiger partial charge in [0.25, 0.3) is 0 Å². The van der Waals surface area contributed by atoms with E-state index in [1.54, 1.807) is 14.2 Å². The fourth-order valence-electron chi connectivity index (χ4n) is 2.97. The van der Waals surface area contributed by atoms with Crippen molar-refractivity contribution in [1.29, 1.82) is 0 Å². The summed E-state index contributed by atoms with van der Waals surface area (Å²) in [6.07, 6.45) is 1.42. The summed E-state index contributed by atoms with van der Waals surface area (Å²) in [7, 11) is 5.20. The second kappa shape index (κ2) is 9.03. The Kier molecular flexibility index (Phi) is 6.48. The number of hydrogen-bond acceptors (Lipinski definition) is 7. The van der Waals surface area contributed by atoms with Gasteiger partial charge in [-0.1, -0.05) is 6.07 Å². The number of benzene rings is 1. The van der Waals surface area contributed by atoms with Gasteiger partial charge in [-0.25, -0.2) is 4.98 Å². The molecule has 3 rings (SSSR count). The quantitative estimate of drug-likeness (QED) is 0.708. The molecule has 0 atom stereocenters. The lowest BCUT2D eigenvalue weighted by atomic mass is 10.1. The zero-order valence-electron chi connectivity index (χ0n) is 16.2. The Hall–Kier alpha value is -2.65. The number of nitrogens with one attached hydrogen (secondary N) is 2. The van der Waals surface area contributed by atoms with Crippen LogP contribution in [0.5, 0.6) is 11.5 Å². The van der Waals surface area contributed by atoms with Crippen LogP contribution in [-0.4, -0.2) is 56.1 Å². The molecular formula is C19H24N4O4S. The van der Waals surface area contributed by atoms with Crippen molar-refractivity contribution >= 4 is 28.3 Å². The molecule has 1 aromatic carbocycles. The minimum Gasteiger partial charge on any atom is -0.493 e. The van der Waals surface area contributed by atoms with Crippen LogP contribution in [0.25, 0.3) is 0 Å². The number of nitrogens with zero attached hydrogens (tertiary/aromatic N) is 2. The van der Waals surface area contributed by atoms with Crippen molar-refractivity contribution < 1.29 is 19.1 Å². The molecule has 1 aliphatic heterocycles. The first-order valence-corrected chi connectivity index (χ1v) is 9.79. The summed E-state index contributed by atoms with van der Waals surface area (Å²) in [5, 5.41) is 5.70. The molecule has 0 fully saturated rings. The van der Waals surface area contributed by atoms with E-state index < -0.39 is 11.8 Å². The van der Waals surface area contributed by atoms with Crippen LogP contribution in [0.1, 0.15) is 16.1 Å². The highest BCUT2D eigenvalue weighted by Crippen LogP contribution is 2.28. The number of thiazole rings is 1. The molecular weight excluding hydrogens is 380 g/mol. The third kappa shape index (κ3) is 4.79. The van der Waals surface area contributed by atoms with Gasteiger partial charge in [-0.05, 0) is 31.2 Å². The van der Waals surface area contributed by atoms with E-state index in [9.17, 15) is 9.59 Å². The van der Waals surface area contributed by atoms with Gasteiger partial charge in [-0.3, -0.25) is 14.9 Å². The number of ether oxygens (including phenoxy) is 2. The number of carbonyl (C=O) groups excluding carboxylic acids is 2. The van der Waals surface area contributed by atoms with Crippen molar-refractivity contribution in [2.24, 2.45) is 0 Å². The second-order valence-corrected chi connectivity index (χ2v) is 7.61. The SMILES string of the molecule is COc1ccc(CCNC(=O)C(=O)Nc2nc3c(s2)CN(C)CC3)cc1OC. The Morgan fingerprint density at radius 2 is 2.00 bits per heavy atom. The molecule has 2 heterocycles. The van der Waals surface area contributed by atoms with Crippen LogP contribution in [0.4, 0.5) is 5.13 Å². The van der Waals surface area contributed by atoms with Crippen LogP contribution >= 0.6 is 11.3 Å². The Balaban J connectivity index is 1.49. The molecule has 0 unspecified atom stereocenters. The average molecular weight is 404 g/mol. The van der Waals surface area contributed by atoms with Crippen molar-refractivity contribution in [1.82, 2.24) is 15.2 Å². The molecule has 9 heteroatoms. The maximum absolute atomic E-state index is 12.1. The molecule has 0 radical (unpaired) electrons. The maximum Gasteiger partial charge on any atom is 0.315 e. The lowest BCUT2D eigenvalue weighted by Crippen LogP contribution is -2.36. The Morgan fingerprint density at radius 3 is 2.75 bits per heavy atom. The molecule has 0 spiro atoms. The monoisotopic (exact) mass is 404 g/mol. The van der Waals surface area contributed by atoms with Gasteiger partial charge >= 0.3 is 11.8 Å². The minimum atomic E-state index is -0.702. The smallest absolute Gasteiger partial charge is 0.315 e. The van der Waals surface area contributed by atoms with Crippen LogP contribution in [-0.2, 0) is 29.0 Å². The van der Waals surface area contributed by atoms with Gasteiger partial charge in [-0.15, -0.1) is 11.3 Å². The number of fused-ring (bicyclic) bond motifs is 1. The number of rotatable bonds is 6. The van der Waals surface area contributed by atoms with Crippen molar-refractivity contribution in [3.63, 3.8) is 0 Å². The maximum atomic E-state index is 12.1. The highest BCUT2D eigenvalue weighted by Gasteiger charge is 2.21. The van der Waals surface area contributed by atoms with E-state index in [1.165, 1.54) is 11.3 Å². The topological polar surface area (TPSA) is 92.8 Å². The van der Waals surface area contributed by atoms with Gasteiger partial charge in [0.05, 0.1) is 19.9 Å². The lowest BCUT2D eigenvalue weighted by molar-refractivity contribution is -0.136. The third-order valence-corrected chi connectivity index (χ3v) is 5.49. The van der Waals surface area contributed by atoms with Crippen molar-refractivity contribution in [3.8, 4) is 11.5 Å². The Bertz CT molecular complexity index is 868. The second-order valence-electron chi connectivity index (χ2n) is 6.53. The van der Waals surface area contributed by atoms with Gasteiger partial charge in [0.2, 0.25) is 0 Å². The first kappa shape index (κ1) is 20.1. The summed E-state index contributed by atoms with van der Waals surface area (Å²) in [6, 6.07) is 5.55. The van der Waals surface area contributed by atoms with Crippen LogP contribution in [0.3, 0.4) is 0 Å². The van der Waals surface area contributed by atoms with Crippen LogP contribution in [0.2, 0.25) is 0 Å². The molecule has 2 aromatic rings. The van der Waals surface area contributed by atoms with E-state index in [1.807, 2.05) is 25.2 Å². The van der Waals surface area contributed by atoms with Gasteiger partial charge < -0.3 is 19.7 Å². The first-order valence-electron chi connectivity index (χ1n) is 8.97. The van der Waals surface area contributed by atoms with E-state index in [0.717, 1.165) is 35.6 Å². The number of methoxy groups -OCH3 is 2. The van der Waals surface area contributed by atoms with Crippen molar-refractivity contribution in [3.05, 3.63) is 34.3 Å². The third-order valence-electron chi connectivity index (χ3n) is 4.50. The van der Waals surface area contributed by atoms with E-state index >= 15 is 0 Å². The summed E-state index contributed by atoms with van der Waals surface area (Å²) < 4.78 is 10.5. The number of aromatic nitrogens is 1. The summed E-state index contributed by atoms with van der Waals surface area (Å²) in [5.74, 6) is -0.105. The summed E-state index contributed by atoms with van der Waals surface area (Å²) in [5.41, 5.74) is 1.97. The van der Waals surface area contributed by atoms with Gasteiger partial charge in [0.1, 0.15) is 0 Å². The van der Waals surface area contributed by atoms with E-state index in [-0.39, 0.29) is 0 Å². The average Bonchev–Trinajstić information content (AvgIpc) is 3.08. The standard InChI is InChI=1S/C19H24N4O4S/c1-23-9-7-13-16(11-23)28-19(21-13)22-18(25)17(24)20-8-6-12-4-5-14(26-2)15(10-12)27-3/h4-5,10H,6-9,11H2,1-3H3,(H,20,24)(H,21,22,25). The molecule has 0 saturated carbocycles. The minimum absolute atomic E-state index is 0.334. The molecule has 0 saturated heterocycles. The number of hydrogen-bond donors (Lipinski definition) is 2. The number of anilines is 1. The molecule has 2 N–H and O–H groups in total. The number of carbonyl (C=O) groups is 2. The number of amides is 2. The predicted octanol–water partition coefficient (Wildman–Crippen LogP) is 1.45. The van der Waals surface area contributed by atoms with E-state index in [2.05, 4.69) is 20.5 Å².